The molecule has 0 fully saturated rings. The molecule has 0 amide bonds. The van der Waals surface area contributed by atoms with Crippen LogP contribution in [-0.2, 0) is 19.4 Å². The number of carbonyl (C=O) groups is 1. The number of carbonyl (C=O) groups excluding carboxylic acids is 1. The number of halogens is 2. The topological polar surface area (TPSA) is 20.3 Å². The molecule has 0 aromatic heterocycles. The van der Waals surface area contributed by atoms with E-state index in [2.05, 4.69) is 29.2 Å². The smallest absolute Gasteiger partial charge is 0.166 e. The fourth-order valence-corrected chi connectivity index (χ4v) is 4.06. The van der Waals surface area contributed by atoms with E-state index >= 15 is 0 Å². The van der Waals surface area contributed by atoms with E-state index in [-0.39, 0.29) is 18.3 Å². The number of Topliss-reactive ketones (excluding diaryl/α,β-unsaturated/α-hetero) is 1. The van der Waals surface area contributed by atoms with Crippen LogP contribution < -0.4 is 0 Å². The molecule has 2 aromatic carbocycles. The largest absolute Gasteiger partial charge is 0.299 e. The van der Waals surface area contributed by atoms with E-state index in [1.54, 1.807) is 0 Å². The van der Waals surface area contributed by atoms with E-state index in [1.807, 2.05) is 18.2 Å². The summed E-state index contributed by atoms with van der Waals surface area (Å²) in [4.78, 5) is 15.0. The SMILES string of the molecule is Cl.O=C1c2ccc(Cl)cc2CC1CCN1CCc2ccccc2C1. The molecule has 0 bridgehead atoms. The van der Waals surface area contributed by atoms with E-state index in [0.29, 0.717) is 5.78 Å². The summed E-state index contributed by atoms with van der Waals surface area (Å²) in [5, 5.41) is 0.727. The Hall–Kier alpha value is -1.35. The average Bonchev–Trinajstić information content (AvgIpc) is 2.88. The number of nitrogens with zero attached hydrogens (tertiary/aromatic N) is 1. The normalized spacial score (nSPS) is 19.5. The van der Waals surface area contributed by atoms with Crippen LogP contribution in [0.4, 0.5) is 0 Å². The third-order valence-electron chi connectivity index (χ3n) is 5.17. The van der Waals surface area contributed by atoms with Crippen molar-refractivity contribution in [1.82, 2.24) is 4.90 Å². The van der Waals surface area contributed by atoms with Gasteiger partial charge >= 0.3 is 0 Å². The lowest BCUT2D eigenvalue weighted by Gasteiger charge is -2.29. The molecule has 0 spiro atoms. The van der Waals surface area contributed by atoms with Crippen LogP contribution in [0.5, 0.6) is 0 Å². The summed E-state index contributed by atoms with van der Waals surface area (Å²) in [7, 11) is 0. The highest BCUT2D eigenvalue weighted by molar-refractivity contribution is 6.30. The molecule has 1 aliphatic heterocycles. The van der Waals surface area contributed by atoms with Gasteiger partial charge in [-0.1, -0.05) is 35.9 Å². The van der Waals surface area contributed by atoms with Crippen molar-refractivity contribution in [2.24, 2.45) is 5.92 Å². The van der Waals surface area contributed by atoms with Gasteiger partial charge in [0.05, 0.1) is 0 Å². The van der Waals surface area contributed by atoms with Crippen molar-refractivity contribution in [3.05, 3.63) is 69.7 Å². The van der Waals surface area contributed by atoms with Gasteiger partial charge in [-0.05, 0) is 60.7 Å². The van der Waals surface area contributed by atoms with E-state index in [4.69, 9.17) is 11.6 Å². The molecule has 1 heterocycles. The van der Waals surface area contributed by atoms with Gasteiger partial charge in [0.1, 0.15) is 0 Å². The van der Waals surface area contributed by atoms with Gasteiger partial charge in [0.25, 0.3) is 0 Å². The number of ketones is 1. The van der Waals surface area contributed by atoms with E-state index in [9.17, 15) is 4.79 Å². The summed E-state index contributed by atoms with van der Waals surface area (Å²) < 4.78 is 0. The fourth-order valence-electron chi connectivity index (χ4n) is 3.87. The summed E-state index contributed by atoms with van der Waals surface area (Å²) in [5.74, 6) is 0.426. The summed E-state index contributed by atoms with van der Waals surface area (Å²) >= 11 is 6.05. The van der Waals surface area contributed by atoms with Crippen LogP contribution in [0.2, 0.25) is 5.02 Å². The average molecular weight is 362 g/mol. The first-order valence-electron chi connectivity index (χ1n) is 8.32. The van der Waals surface area contributed by atoms with Gasteiger partial charge in [0.2, 0.25) is 0 Å². The molecule has 0 radical (unpaired) electrons. The van der Waals surface area contributed by atoms with Gasteiger partial charge in [0.15, 0.2) is 5.78 Å². The van der Waals surface area contributed by atoms with Crippen molar-refractivity contribution in [2.75, 3.05) is 13.1 Å². The fraction of sp³-hybridized carbons (Fsp3) is 0.350. The first-order valence-corrected chi connectivity index (χ1v) is 8.70. The molecule has 0 saturated heterocycles. The van der Waals surface area contributed by atoms with Crippen molar-refractivity contribution in [3.8, 4) is 0 Å². The van der Waals surface area contributed by atoms with Crippen LogP contribution in [-0.4, -0.2) is 23.8 Å². The second kappa shape index (κ2) is 7.26. The summed E-state index contributed by atoms with van der Waals surface area (Å²) in [6.07, 6.45) is 2.90. The summed E-state index contributed by atoms with van der Waals surface area (Å²) in [6, 6.07) is 14.3. The van der Waals surface area contributed by atoms with Crippen molar-refractivity contribution in [1.29, 1.82) is 0 Å². The van der Waals surface area contributed by atoms with Crippen LogP contribution >= 0.6 is 24.0 Å². The Balaban J connectivity index is 0.00000169. The predicted molar refractivity (Wildman–Crippen MR) is 100 cm³/mol. The second-order valence-corrected chi connectivity index (χ2v) is 7.09. The zero-order valence-corrected chi connectivity index (χ0v) is 15.1. The van der Waals surface area contributed by atoms with Crippen LogP contribution in [0.1, 0.15) is 33.5 Å². The van der Waals surface area contributed by atoms with Gasteiger partial charge in [-0.3, -0.25) is 9.69 Å². The molecule has 1 aliphatic carbocycles. The lowest BCUT2D eigenvalue weighted by Crippen LogP contribution is -2.32. The van der Waals surface area contributed by atoms with Gasteiger partial charge in [-0.15, -0.1) is 12.4 Å². The standard InChI is InChI=1S/C20H20ClNO.ClH/c21-18-5-6-19-17(12-18)11-15(20(19)23)8-10-22-9-7-14-3-1-2-4-16(14)13-22;/h1-6,12,15H,7-11,13H2;1H. The highest BCUT2D eigenvalue weighted by Gasteiger charge is 2.30. The van der Waals surface area contributed by atoms with Crippen molar-refractivity contribution >= 4 is 29.8 Å². The van der Waals surface area contributed by atoms with Crippen LogP contribution in [0, 0.1) is 5.92 Å². The maximum absolute atomic E-state index is 12.5. The molecule has 1 atom stereocenters. The molecule has 2 nitrogen and oxygen atoms in total. The molecule has 0 N–H and O–H groups in total. The third-order valence-corrected chi connectivity index (χ3v) is 5.41. The Morgan fingerprint density at radius 1 is 1.08 bits per heavy atom. The Morgan fingerprint density at radius 3 is 2.71 bits per heavy atom. The monoisotopic (exact) mass is 361 g/mol. The number of rotatable bonds is 3. The third kappa shape index (κ3) is 3.37. The van der Waals surface area contributed by atoms with E-state index < -0.39 is 0 Å². The second-order valence-electron chi connectivity index (χ2n) is 6.65. The van der Waals surface area contributed by atoms with Gasteiger partial charge in [-0.25, -0.2) is 0 Å². The number of benzene rings is 2. The zero-order chi connectivity index (χ0) is 15.8. The van der Waals surface area contributed by atoms with Crippen LogP contribution in [0.3, 0.4) is 0 Å². The number of hydrogen-bond acceptors (Lipinski definition) is 2. The molecule has 4 rings (SSSR count). The molecule has 1 unspecified atom stereocenters. The minimum Gasteiger partial charge on any atom is -0.299 e. The van der Waals surface area contributed by atoms with Gasteiger partial charge in [0, 0.05) is 29.6 Å². The van der Waals surface area contributed by atoms with Crippen LogP contribution in [0.25, 0.3) is 0 Å². The molecule has 2 aromatic rings. The first kappa shape index (κ1) is 17.5. The molecule has 126 valence electrons. The highest BCUT2D eigenvalue weighted by atomic mass is 35.5. The van der Waals surface area contributed by atoms with Crippen molar-refractivity contribution < 1.29 is 4.79 Å². The van der Waals surface area contributed by atoms with E-state index in [1.165, 1.54) is 11.1 Å². The van der Waals surface area contributed by atoms with Gasteiger partial charge in [-0.2, -0.15) is 0 Å². The lowest BCUT2D eigenvalue weighted by atomic mass is 9.97. The first-order chi connectivity index (χ1) is 11.2. The van der Waals surface area contributed by atoms with E-state index in [0.717, 1.165) is 55.0 Å². The Morgan fingerprint density at radius 2 is 1.88 bits per heavy atom. The molecule has 24 heavy (non-hydrogen) atoms. The van der Waals surface area contributed by atoms with Crippen molar-refractivity contribution in [3.63, 3.8) is 0 Å². The van der Waals surface area contributed by atoms with Crippen molar-refractivity contribution in [2.45, 2.75) is 25.8 Å². The number of fused-ring (bicyclic) bond motifs is 2. The quantitative estimate of drug-likeness (QED) is 0.798. The molecular formula is C20H21Cl2NO. The number of hydrogen-bond donors (Lipinski definition) is 0. The Labute approximate surface area is 154 Å². The molecule has 0 saturated carbocycles. The Kier molecular flexibility index (Phi) is 5.29. The molecule has 4 heteroatoms. The maximum atomic E-state index is 12.5. The summed E-state index contributed by atoms with van der Waals surface area (Å²) in [5.41, 5.74) is 4.91. The maximum Gasteiger partial charge on any atom is 0.166 e. The lowest BCUT2D eigenvalue weighted by molar-refractivity contribution is 0.0919. The minimum atomic E-state index is 0. The zero-order valence-electron chi connectivity index (χ0n) is 13.5. The molecular weight excluding hydrogens is 341 g/mol. The predicted octanol–water partition coefficient (Wildman–Crippen LogP) is 4.57. The van der Waals surface area contributed by atoms with Crippen LogP contribution in [0.15, 0.2) is 42.5 Å². The molecule has 2 aliphatic rings. The highest BCUT2D eigenvalue weighted by Crippen LogP contribution is 2.31. The summed E-state index contributed by atoms with van der Waals surface area (Å²) in [6.45, 7) is 3.10. The Bertz CT molecular complexity index is 759. The van der Waals surface area contributed by atoms with Gasteiger partial charge < -0.3 is 0 Å². The minimum absolute atomic E-state index is 0.